The average molecular weight is 318 g/mol. The summed E-state index contributed by atoms with van der Waals surface area (Å²) < 4.78 is 62.0. The molecule has 9 heteroatoms. The molecule has 0 aromatic carbocycles. The lowest BCUT2D eigenvalue weighted by Gasteiger charge is -2.30. The van der Waals surface area contributed by atoms with Crippen molar-refractivity contribution >= 4 is 10.0 Å². The summed E-state index contributed by atoms with van der Waals surface area (Å²) in [4.78, 5) is 0. The van der Waals surface area contributed by atoms with Crippen molar-refractivity contribution in [3.63, 3.8) is 0 Å². The van der Waals surface area contributed by atoms with E-state index in [0.29, 0.717) is 6.42 Å². The number of aliphatic hydroxyl groups is 1. The first kappa shape index (κ1) is 17.7. The second-order valence-corrected chi connectivity index (χ2v) is 7.40. The van der Waals surface area contributed by atoms with Crippen LogP contribution in [0.3, 0.4) is 0 Å². The Kier molecular flexibility index (Phi) is 5.45. The molecule has 0 aromatic heterocycles. The first-order valence-corrected chi connectivity index (χ1v) is 8.29. The third-order valence-electron chi connectivity index (χ3n) is 3.59. The number of nitrogens with one attached hydrogen (secondary N) is 2. The summed E-state index contributed by atoms with van der Waals surface area (Å²) in [6, 6.07) is -0.224. The number of hydrogen-bond acceptors (Lipinski definition) is 4. The maximum atomic E-state index is 12.5. The predicted octanol–water partition coefficient (Wildman–Crippen LogP) is 0.607. The molecule has 0 spiro atoms. The van der Waals surface area contributed by atoms with Crippen molar-refractivity contribution in [3.8, 4) is 0 Å². The van der Waals surface area contributed by atoms with Crippen LogP contribution in [0.2, 0.25) is 0 Å². The van der Waals surface area contributed by atoms with Gasteiger partial charge in [-0.25, -0.2) is 13.1 Å². The fourth-order valence-electron chi connectivity index (χ4n) is 2.24. The Morgan fingerprint density at radius 2 is 1.90 bits per heavy atom. The molecule has 0 bridgehead atoms. The first-order valence-electron chi connectivity index (χ1n) is 6.39. The van der Waals surface area contributed by atoms with Crippen LogP contribution in [-0.2, 0) is 10.0 Å². The summed E-state index contributed by atoms with van der Waals surface area (Å²) in [5, 5.41) is 12.1. The van der Waals surface area contributed by atoms with Crippen LogP contribution in [0.15, 0.2) is 0 Å². The standard InChI is InChI=1S/C11H21F3N2O3S/c1-10(17,11(12,13)14)7-15-9-5-3-4-8(9)6-16-20(2,18)19/h8-9,15-17H,3-7H2,1-2H3/t8-,9-,10+/m1/s1. The predicted molar refractivity (Wildman–Crippen MR) is 68.7 cm³/mol. The van der Waals surface area contributed by atoms with Crippen molar-refractivity contribution in [1.82, 2.24) is 10.0 Å². The van der Waals surface area contributed by atoms with E-state index < -0.39 is 28.3 Å². The van der Waals surface area contributed by atoms with Gasteiger partial charge in [0.1, 0.15) is 0 Å². The third kappa shape index (κ3) is 5.19. The van der Waals surface area contributed by atoms with Gasteiger partial charge >= 0.3 is 6.18 Å². The Balaban J connectivity index is 2.50. The molecular weight excluding hydrogens is 297 g/mol. The highest BCUT2D eigenvalue weighted by Gasteiger charge is 2.50. The van der Waals surface area contributed by atoms with Gasteiger partial charge in [0.05, 0.1) is 6.26 Å². The minimum Gasteiger partial charge on any atom is -0.380 e. The molecule has 0 unspecified atom stereocenters. The van der Waals surface area contributed by atoms with Gasteiger partial charge in [-0.2, -0.15) is 13.2 Å². The molecule has 0 aliphatic heterocycles. The number of hydrogen-bond donors (Lipinski definition) is 3. The molecule has 20 heavy (non-hydrogen) atoms. The highest BCUT2D eigenvalue weighted by atomic mass is 32.2. The van der Waals surface area contributed by atoms with Gasteiger partial charge in [0, 0.05) is 19.1 Å². The monoisotopic (exact) mass is 318 g/mol. The van der Waals surface area contributed by atoms with Gasteiger partial charge in [-0.3, -0.25) is 0 Å². The van der Waals surface area contributed by atoms with Crippen LogP contribution in [0.4, 0.5) is 13.2 Å². The highest BCUT2D eigenvalue weighted by Crippen LogP contribution is 2.31. The summed E-state index contributed by atoms with van der Waals surface area (Å²) in [6.45, 7) is 0.319. The van der Waals surface area contributed by atoms with Crippen LogP contribution in [0.5, 0.6) is 0 Å². The summed E-state index contributed by atoms with van der Waals surface area (Å²) in [6.07, 6.45) is -1.42. The molecule has 1 aliphatic rings. The fraction of sp³-hybridized carbons (Fsp3) is 1.00. The highest BCUT2D eigenvalue weighted by molar-refractivity contribution is 7.88. The Morgan fingerprint density at radius 1 is 1.30 bits per heavy atom. The van der Waals surface area contributed by atoms with Gasteiger partial charge in [-0.05, 0) is 25.7 Å². The third-order valence-corrected chi connectivity index (χ3v) is 4.28. The van der Waals surface area contributed by atoms with E-state index in [0.717, 1.165) is 26.0 Å². The molecule has 1 rings (SSSR count). The maximum absolute atomic E-state index is 12.5. The molecule has 3 N–H and O–H groups in total. The summed E-state index contributed by atoms with van der Waals surface area (Å²) in [5.41, 5.74) is -2.79. The second kappa shape index (κ2) is 6.17. The molecule has 0 aromatic rings. The summed E-state index contributed by atoms with van der Waals surface area (Å²) in [7, 11) is -3.31. The molecule has 1 aliphatic carbocycles. The van der Waals surface area contributed by atoms with Crippen molar-refractivity contribution in [2.24, 2.45) is 5.92 Å². The molecule has 5 nitrogen and oxygen atoms in total. The Hall–Kier alpha value is -0.380. The zero-order chi connectivity index (χ0) is 15.6. The molecule has 120 valence electrons. The quantitative estimate of drug-likeness (QED) is 0.670. The van der Waals surface area contributed by atoms with Crippen LogP contribution < -0.4 is 10.0 Å². The minimum atomic E-state index is -4.70. The van der Waals surface area contributed by atoms with E-state index in [-0.39, 0.29) is 18.5 Å². The van der Waals surface area contributed by atoms with Gasteiger partial charge in [0.25, 0.3) is 0 Å². The largest absolute Gasteiger partial charge is 0.418 e. The van der Waals surface area contributed by atoms with Crippen LogP contribution in [0.25, 0.3) is 0 Å². The zero-order valence-electron chi connectivity index (χ0n) is 11.5. The smallest absolute Gasteiger partial charge is 0.380 e. The van der Waals surface area contributed by atoms with E-state index in [1.807, 2.05) is 0 Å². The number of rotatable bonds is 6. The van der Waals surface area contributed by atoms with Gasteiger partial charge in [0.15, 0.2) is 5.60 Å². The normalized spacial score (nSPS) is 27.5. The van der Waals surface area contributed by atoms with Crippen LogP contribution in [0, 0.1) is 5.92 Å². The van der Waals surface area contributed by atoms with Crippen molar-refractivity contribution < 1.29 is 26.7 Å². The first-order chi connectivity index (χ1) is 8.92. The molecule has 1 saturated carbocycles. The molecule has 0 amide bonds. The van der Waals surface area contributed by atoms with Gasteiger partial charge < -0.3 is 10.4 Å². The molecular formula is C11H21F3N2O3S. The van der Waals surface area contributed by atoms with Crippen molar-refractivity contribution in [2.45, 2.75) is 44.0 Å². The molecule has 0 heterocycles. The van der Waals surface area contributed by atoms with E-state index in [9.17, 15) is 26.7 Å². The van der Waals surface area contributed by atoms with Gasteiger partial charge in [0.2, 0.25) is 10.0 Å². The number of alkyl halides is 3. The number of halogens is 3. The Bertz CT molecular complexity index is 423. The van der Waals surface area contributed by atoms with Crippen molar-refractivity contribution in [3.05, 3.63) is 0 Å². The maximum Gasteiger partial charge on any atom is 0.418 e. The molecule has 0 saturated heterocycles. The van der Waals surface area contributed by atoms with E-state index in [2.05, 4.69) is 10.0 Å². The van der Waals surface area contributed by atoms with E-state index in [1.54, 1.807) is 0 Å². The number of sulfonamides is 1. The summed E-state index contributed by atoms with van der Waals surface area (Å²) in [5.74, 6) is -0.0613. The lowest BCUT2D eigenvalue weighted by atomic mass is 10.0. The molecule has 0 radical (unpaired) electrons. The molecule has 3 atom stereocenters. The average Bonchev–Trinajstić information content (AvgIpc) is 2.68. The Labute approximate surface area is 117 Å². The topological polar surface area (TPSA) is 78.4 Å². The van der Waals surface area contributed by atoms with Crippen LogP contribution in [-0.4, -0.2) is 50.7 Å². The van der Waals surface area contributed by atoms with Crippen LogP contribution >= 0.6 is 0 Å². The zero-order valence-corrected chi connectivity index (χ0v) is 12.3. The fourth-order valence-corrected chi connectivity index (χ4v) is 2.76. The van der Waals surface area contributed by atoms with E-state index >= 15 is 0 Å². The lowest BCUT2D eigenvalue weighted by molar-refractivity contribution is -0.250. The van der Waals surface area contributed by atoms with Gasteiger partial charge in [-0.1, -0.05) is 6.42 Å². The van der Waals surface area contributed by atoms with E-state index in [1.165, 1.54) is 0 Å². The van der Waals surface area contributed by atoms with E-state index in [4.69, 9.17) is 0 Å². The lowest BCUT2D eigenvalue weighted by Crippen LogP contribution is -2.53. The SMILES string of the molecule is C[C@](O)(CN[C@@H]1CCC[C@@H]1CNS(C)(=O)=O)C(F)(F)F. The van der Waals surface area contributed by atoms with Gasteiger partial charge in [-0.15, -0.1) is 0 Å². The van der Waals surface area contributed by atoms with Crippen LogP contribution in [0.1, 0.15) is 26.2 Å². The minimum absolute atomic E-state index is 0.0613. The van der Waals surface area contributed by atoms with Crippen molar-refractivity contribution in [1.29, 1.82) is 0 Å². The van der Waals surface area contributed by atoms with Crippen molar-refractivity contribution in [2.75, 3.05) is 19.3 Å². The molecule has 1 fully saturated rings. The summed E-state index contributed by atoms with van der Waals surface area (Å²) >= 11 is 0. The Morgan fingerprint density at radius 3 is 2.40 bits per heavy atom. The second-order valence-electron chi connectivity index (χ2n) is 5.57.